The lowest BCUT2D eigenvalue weighted by atomic mass is 10.3. The van der Waals surface area contributed by atoms with Gasteiger partial charge in [-0.1, -0.05) is 6.07 Å². The van der Waals surface area contributed by atoms with Crippen molar-refractivity contribution < 1.29 is 32.2 Å². The Labute approximate surface area is 165 Å². The molecule has 0 saturated heterocycles. The highest BCUT2D eigenvalue weighted by molar-refractivity contribution is 5.94. The van der Waals surface area contributed by atoms with E-state index in [4.69, 9.17) is 4.74 Å². The molecule has 0 aromatic heterocycles. The molecule has 0 aliphatic rings. The molecular weight excluding hydrogens is 391 g/mol. The van der Waals surface area contributed by atoms with Gasteiger partial charge in [0.1, 0.15) is 11.5 Å². The maximum Gasteiger partial charge on any atom is 0.573 e. The van der Waals surface area contributed by atoms with Crippen molar-refractivity contribution in [2.45, 2.75) is 6.36 Å². The molecule has 0 unspecified atom stereocenters. The van der Waals surface area contributed by atoms with Gasteiger partial charge in [0.25, 0.3) is 0 Å². The largest absolute Gasteiger partial charge is 0.573 e. The fourth-order valence-corrected chi connectivity index (χ4v) is 2.39. The number of nitrogens with one attached hydrogen (secondary N) is 2. The Morgan fingerprint density at radius 1 is 0.931 bits per heavy atom. The maximum absolute atomic E-state index is 12.1. The first-order chi connectivity index (χ1) is 13.6. The van der Waals surface area contributed by atoms with Crippen LogP contribution in [0.1, 0.15) is 0 Å². The van der Waals surface area contributed by atoms with Gasteiger partial charge in [-0.15, -0.1) is 13.2 Å². The first-order valence-corrected chi connectivity index (χ1v) is 8.43. The molecule has 29 heavy (non-hydrogen) atoms. The summed E-state index contributed by atoms with van der Waals surface area (Å²) in [5.74, 6) is -0.530. The number of hydrogen-bond acceptors (Lipinski definition) is 5. The standard InChI is InChI=1S/C19H20F3N3O4/c1-25(12-18(27)24-14-4-3-5-16(10-14)28-2)11-17(26)23-13-6-8-15(9-7-13)29-19(20,21)22/h3-10H,11-12H2,1-2H3,(H,23,26)(H,24,27). The van der Waals surface area contributed by atoms with Gasteiger partial charge < -0.3 is 20.1 Å². The van der Waals surface area contributed by atoms with E-state index in [1.165, 1.54) is 24.1 Å². The normalized spacial score (nSPS) is 11.1. The van der Waals surface area contributed by atoms with E-state index in [2.05, 4.69) is 15.4 Å². The average molecular weight is 411 g/mol. The average Bonchev–Trinajstić information content (AvgIpc) is 2.62. The highest BCUT2D eigenvalue weighted by Gasteiger charge is 2.30. The van der Waals surface area contributed by atoms with Crippen LogP contribution < -0.4 is 20.1 Å². The first kappa shape index (κ1) is 22.0. The van der Waals surface area contributed by atoms with Gasteiger partial charge in [-0.2, -0.15) is 0 Å². The molecule has 10 heteroatoms. The molecule has 0 aliphatic carbocycles. The number of ether oxygens (including phenoxy) is 2. The number of rotatable bonds is 8. The maximum atomic E-state index is 12.1. The number of alkyl halides is 3. The fraction of sp³-hybridized carbons (Fsp3) is 0.263. The number of likely N-dealkylation sites (N-methyl/N-ethyl adjacent to an activating group) is 1. The Morgan fingerprint density at radius 2 is 1.52 bits per heavy atom. The summed E-state index contributed by atoms with van der Waals surface area (Å²) in [6, 6.07) is 11.6. The Balaban J connectivity index is 1.80. The lowest BCUT2D eigenvalue weighted by Gasteiger charge is -2.16. The van der Waals surface area contributed by atoms with Gasteiger partial charge in [0.05, 0.1) is 20.2 Å². The van der Waals surface area contributed by atoms with Crippen molar-refractivity contribution in [3.8, 4) is 11.5 Å². The predicted octanol–water partition coefficient (Wildman–Crippen LogP) is 3.10. The fourth-order valence-electron chi connectivity index (χ4n) is 2.39. The molecule has 2 aromatic rings. The second-order valence-electron chi connectivity index (χ2n) is 6.07. The van der Waals surface area contributed by atoms with Crippen LogP contribution in [0.25, 0.3) is 0 Å². The molecule has 0 heterocycles. The van der Waals surface area contributed by atoms with Gasteiger partial charge >= 0.3 is 6.36 Å². The molecule has 156 valence electrons. The molecule has 0 fully saturated rings. The van der Waals surface area contributed by atoms with Gasteiger partial charge in [-0.3, -0.25) is 14.5 Å². The second kappa shape index (κ2) is 9.78. The third-order valence-electron chi connectivity index (χ3n) is 3.55. The summed E-state index contributed by atoms with van der Waals surface area (Å²) >= 11 is 0. The Morgan fingerprint density at radius 3 is 2.07 bits per heavy atom. The number of carbonyl (C=O) groups excluding carboxylic acids is 2. The number of anilines is 2. The van der Waals surface area contributed by atoms with Crippen molar-refractivity contribution >= 4 is 23.2 Å². The van der Waals surface area contributed by atoms with Crippen molar-refractivity contribution in [2.24, 2.45) is 0 Å². The van der Waals surface area contributed by atoms with Crippen LogP contribution in [0.5, 0.6) is 11.5 Å². The van der Waals surface area contributed by atoms with Crippen LogP contribution in [-0.2, 0) is 9.59 Å². The lowest BCUT2D eigenvalue weighted by Crippen LogP contribution is -2.36. The van der Waals surface area contributed by atoms with Crippen LogP contribution in [0.2, 0.25) is 0 Å². The second-order valence-corrected chi connectivity index (χ2v) is 6.07. The van der Waals surface area contributed by atoms with Gasteiger partial charge in [-0.05, 0) is 43.4 Å². The van der Waals surface area contributed by atoms with Gasteiger partial charge in [0, 0.05) is 17.4 Å². The predicted molar refractivity (Wildman–Crippen MR) is 101 cm³/mol. The SMILES string of the molecule is COc1cccc(NC(=O)CN(C)CC(=O)Nc2ccc(OC(F)(F)F)cc2)c1. The van der Waals surface area contributed by atoms with Crippen molar-refractivity contribution in [3.05, 3.63) is 48.5 Å². The Bertz CT molecular complexity index is 841. The molecule has 2 aromatic carbocycles. The van der Waals surface area contributed by atoms with E-state index < -0.39 is 12.3 Å². The molecule has 0 aliphatic heterocycles. The van der Waals surface area contributed by atoms with Crippen LogP contribution in [0.3, 0.4) is 0 Å². The summed E-state index contributed by atoms with van der Waals surface area (Å²) in [4.78, 5) is 25.6. The molecule has 0 radical (unpaired) electrons. The number of halogens is 3. The third-order valence-corrected chi connectivity index (χ3v) is 3.55. The molecule has 0 bridgehead atoms. The van der Waals surface area contributed by atoms with Crippen molar-refractivity contribution in [1.29, 1.82) is 0 Å². The molecular formula is C19H20F3N3O4. The minimum Gasteiger partial charge on any atom is -0.497 e. The van der Waals surface area contributed by atoms with Crippen LogP contribution in [-0.4, -0.2) is 50.3 Å². The topological polar surface area (TPSA) is 79.9 Å². The highest BCUT2D eigenvalue weighted by Crippen LogP contribution is 2.24. The van der Waals surface area contributed by atoms with E-state index in [-0.39, 0.29) is 24.7 Å². The molecule has 2 N–H and O–H groups in total. The summed E-state index contributed by atoms with van der Waals surface area (Å²) in [6.45, 7) is -0.130. The first-order valence-electron chi connectivity index (χ1n) is 8.43. The van der Waals surface area contributed by atoms with Crippen LogP contribution >= 0.6 is 0 Å². The quantitative estimate of drug-likeness (QED) is 0.698. The zero-order valence-corrected chi connectivity index (χ0v) is 15.7. The van der Waals surface area contributed by atoms with Crippen molar-refractivity contribution in [2.75, 3.05) is 37.9 Å². The van der Waals surface area contributed by atoms with Gasteiger partial charge in [0.15, 0.2) is 0 Å². The zero-order valence-electron chi connectivity index (χ0n) is 15.7. The highest BCUT2D eigenvalue weighted by atomic mass is 19.4. The van der Waals surface area contributed by atoms with Crippen LogP contribution in [0.15, 0.2) is 48.5 Å². The lowest BCUT2D eigenvalue weighted by molar-refractivity contribution is -0.274. The van der Waals surface area contributed by atoms with Gasteiger partial charge in [0.2, 0.25) is 11.8 Å². The summed E-state index contributed by atoms with van der Waals surface area (Å²) in [6.07, 6.45) is -4.78. The van der Waals surface area contributed by atoms with E-state index in [1.807, 2.05) is 0 Å². The molecule has 2 amide bonds. The van der Waals surface area contributed by atoms with E-state index >= 15 is 0 Å². The number of amides is 2. The van der Waals surface area contributed by atoms with Crippen LogP contribution in [0, 0.1) is 0 Å². The van der Waals surface area contributed by atoms with Crippen molar-refractivity contribution in [3.63, 3.8) is 0 Å². The number of carbonyl (C=O) groups is 2. The zero-order chi connectivity index (χ0) is 21.4. The van der Waals surface area contributed by atoms with E-state index in [1.54, 1.807) is 31.3 Å². The molecule has 2 rings (SSSR count). The van der Waals surface area contributed by atoms with E-state index in [0.29, 0.717) is 17.1 Å². The minimum absolute atomic E-state index is 0.0387. The number of nitrogens with zero attached hydrogens (tertiary/aromatic N) is 1. The number of hydrogen-bond donors (Lipinski definition) is 2. The molecule has 0 spiro atoms. The number of benzene rings is 2. The molecule has 0 saturated carbocycles. The Hall–Kier alpha value is -3.27. The molecule has 7 nitrogen and oxygen atoms in total. The van der Waals surface area contributed by atoms with Crippen molar-refractivity contribution in [1.82, 2.24) is 4.90 Å². The van der Waals surface area contributed by atoms with Crippen LogP contribution in [0.4, 0.5) is 24.5 Å². The van der Waals surface area contributed by atoms with E-state index in [0.717, 1.165) is 12.1 Å². The molecule has 0 atom stereocenters. The summed E-state index contributed by atoms with van der Waals surface area (Å²) in [5.41, 5.74) is 0.868. The Kier molecular flexibility index (Phi) is 7.43. The van der Waals surface area contributed by atoms with E-state index in [9.17, 15) is 22.8 Å². The summed E-state index contributed by atoms with van der Waals surface area (Å²) < 4.78 is 45.3. The number of methoxy groups -OCH3 is 1. The van der Waals surface area contributed by atoms with Gasteiger partial charge in [-0.25, -0.2) is 0 Å². The minimum atomic E-state index is -4.78. The monoisotopic (exact) mass is 411 g/mol. The summed E-state index contributed by atoms with van der Waals surface area (Å²) in [5, 5.41) is 5.23. The summed E-state index contributed by atoms with van der Waals surface area (Å²) in [7, 11) is 3.11. The third kappa shape index (κ3) is 8.09. The smallest absolute Gasteiger partial charge is 0.497 e.